The molecular formula is C23H24N4O3S. The molecule has 31 heavy (non-hydrogen) atoms. The predicted molar refractivity (Wildman–Crippen MR) is 118 cm³/mol. The average Bonchev–Trinajstić information content (AvgIpc) is 3.21. The lowest BCUT2D eigenvalue weighted by Crippen LogP contribution is -2.55. The van der Waals surface area contributed by atoms with E-state index in [9.17, 15) is 0 Å². The van der Waals surface area contributed by atoms with Gasteiger partial charge in [0.1, 0.15) is 0 Å². The van der Waals surface area contributed by atoms with Crippen molar-refractivity contribution < 1.29 is 14.5 Å². The van der Waals surface area contributed by atoms with E-state index >= 15 is 0 Å². The number of hydrogen-bond acceptors (Lipinski definition) is 7. The van der Waals surface area contributed by atoms with Gasteiger partial charge in [0.15, 0.2) is 11.4 Å². The highest BCUT2D eigenvalue weighted by Crippen LogP contribution is 2.49. The smallest absolute Gasteiger partial charge is 0.212 e. The molecule has 0 N–H and O–H groups in total. The minimum absolute atomic E-state index is 0.158. The summed E-state index contributed by atoms with van der Waals surface area (Å²) >= 11 is 1.62. The van der Waals surface area contributed by atoms with Crippen molar-refractivity contribution in [1.29, 1.82) is 0 Å². The first-order chi connectivity index (χ1) is 15.1. The number of rotatable bonds is 4. The Kier molecular flexibility index (Phi) is 5.18. The fourth-order valence-corrected chi connectivity index (χ4v) is 5.17. The van der Waals surface area contributed by atoms with Gasteiger partial charge in [-0.2, -0.15) is 14.7 Å². The number of benzene rings is 2. The fraction of sp³-hybridized carbons (Fsp3) is 0.348. The quantitative estimate of drug-likeness (QED) is 0.572. The lowest BCUT2D eigenvalue weighted by Gasteiger charge is -2.48. The van der Waals surface area contributed by atoms with Crippen molar-refractivity contribution in [3.8, 4) is 0 Å². The predicted octanol–water partition coefficient (Wildman–Crippen LogP) is 4.17. The molecule has 1 aromatic heterocycles. The van der Waals surface area contributed by atoms with E-state index in [4.69, 9.17) is 19.6 Å². The topological polar surface area (TPSA) is 70.8 Å². The second-order valence-electron chi connectivity index (χ2n) is 7.92. The van der Waals surface area contributed by atoms with Gasteiger partial charge >= 0.3 is 0 Å². The summed E-state index contributed by atoms with van der Waals surface area (Å²) in [6.45, 7) is 3.80. The van der Waals surface area contributed by atoms with Crippen molar-refractivity contribution in [3.05, 3.63) is 77.6 Å². The number of ether oxygens (including phenoxy) is 1. The summed E-state index contributed by atoms with van der Waals surface area (Å²) in [4.78, 5) is 12.3. The highest BCUT2D eigenvalue weighted by atomic mass is 32.2. The Labute approximate surface area is 185 Å². The third-order valence-corrected chi connectivity index (χ3v) is 7.06. The Balaban J connectivity index is 1.63. The number of nitrogens with zero attached hydrogens (tertiary/aromatic N) is 4. The second-order valence-corrected chi connectivity index (χ2v) is 8.87. The standard InChI is InChI=1S/C23H24N4O3S/c1-16-24-25-21-27(16)26-20(15-31-21)19-14-23(17-10-6-4-7-11-17,18-12-8-5-9-13-18)30-29-22(19,2)28-3/h4-13,19H,14-15H2,1-3H3. The van der Waals surface area contributed by atoms with Crippen LogP contribution in [0.3, 0.4) is 0 Å². The van der Waals surface area contributed by atoms with Crippen molar-refractivity contribution in [2.45, 2.75) is 36.8 Å². The van der Waals surface area contributed by atoms with Gasteiger partial charge in [-0.05, 0) is 25.0 Å². The maximum Gasteiger partial charge on any atom is 0.212 e. The van der Waals surface area contributed by atoms with Gasteiger partial charge in [0.25, 0.3) is 0 Å². The normalized spacial score (nSPS) is 25.0. The number of aromatic nitrogens is 3. The zero-order valence-electron chi connectivity index (χ0n) is 17.7. The fourth-order valence-electron chi connectivity index (χ4n) is 4.24. The van der Waals surface area contributed by atoms with Gasteiger partial charge < -0.3 is 4.74 Å². The van der Waals surface area contributed by atoms with Gasteiger partial charge in [-0.15, -0.1) is 10.2 Å². The van der Waals surface area contributed by atoms with Crippen LogP contribution >= 0.6 is 11.8 Å². The molecule has 2 aromatic carbocycles. The first kappa shape index (κ1) is 20.4. The second kappa shape index (κ2) is 7.87. The van der Waals surface area contributed by atoms with Crippen LogP contribution in [0.4, 0.5) is 0 Å². The Hall–Kier alpha value is -2.52. The maximum atomic E-state index is 6.23. The summed E-state index contributed by atoms with van der Waals surface area (Å²) in [7, 11) is 1.64. The maximum absolute atomic E-state index is 6.23. The van der Waals surface area contributed by atoms with E-state index in [0.29, 0.717) is 12.2 Å². The first-order valence-electron chi connectivity index (χ1n) is 10.2. The van der Waals surface area contributed by atoms with Crippen LogP contribution in [0.15, 0.2) is 70.9 Å². The third-order valence-electron chi connectivity index (χ3n) is 6.11. The molecular weight excluding hydrogens is 412 g/mol. The summed E-state index contributed by atoms with van der Waals surface area (Å²) in [5.74, 6) is 0.301. The molecule has 160 valence electrons. The molecule has 0 saturated carbocycles. The molecule has 1 saturated heterocycles. The van der Waals surface area contributed by atoms with Crippen LogP contribution in [0.2, 0.25) is 0 Å². The number of thioether (sulfide) groups is 1. The molecule has 0 bridgehead atoms. The highest BCUT2D eigenvalue weighted by Gasteiger charge is 2.54. The Bertz CT molecular complexity index is 1060. The summed E-state index contributed by atoms with van der Waals surface area (Å²) in [5, 5.41) is 14.0. The van der Waals surface area contributed by atoms with E-state index in [0.717, 1.165) is 27.8 Å². The van der Waals surface area contributed by atoms with Crippen LogP contribution in [0.1, 0.15) is 30.3 Å². The van der Waals surface area contributed by atoms with E-state index in [1.165, 1.54) is 0 Å². The number of methoxy groups -OCH3 is 1. The minimum atomic E-state index is -0.980. The Morgan fingerprint density at radius 1 is 1.00 bits per heavy atom. The third kappa shape index (κ3) is 3.40. The van der Waals surface area contributed by atoms with Crippen LogP contribution in [-0.4, -0.2) is 39.2 Å². The van der Waals surface area contributed by atoms with E-state index < -0.39 is 11.4 Å². The molecule has 8 heteroatoms. The lowest BCUT2D eigenvalue weighted by atomic mass is 9.75. The summed E-state index contributed by atoms with van der Waals surface area (Å²) in [6, 6.07) is 20.4. The largest absolute Gasteiger partial charge is 0.350 e. The van der Waals surface area contributed by atoms with Crippen LogP contribution in [0.25, 0.3) is 0 Å². The monoisotopic (exact) mass is 436 g/mol. The molecule has 3 heterocycles. The van der Waals surface area contributed by atoms with Gasteiger partial charge in [0.2, 0.25) is 10.9 Å². The molecule has 0 spiro atoms. The molecule has 0 radical (unpaired) electrons. The van der Waals surface area contributed by atoms with Crippen molar-refractivity contribution in [2.75, 3.05) is 12.9 Å². The molecule has 3 aromatic rings. The molecule has 5 rings (SSSR count). The molecule has 0 aliphatic carbocycles. The van der Waals surface area contributed by atoms with Gasteiger partial charge in [-0.1, -0.05) is 72.4 Å². The van der Waals surface area contributed by atoms with Crippen molar-refractivity contribution in [2.24, 2.45) is 11.0 Å². The van der Waals surface area contributed by atoms with Crippen molar-refractivity contribution in [1.82, 2.24) is 14.9 Å². The molecule has 1 fully saturated rings. The van der Waals surface area contributed by atoms with Gasteiger partial charge in [0.05, 0.1) is 11.6 Å². The SMILES string of the molecule is COC1(C)OOC(c2ccccc2)(c2ccccc2)CC1C1=Nn2c(C)nnc2SC1. The number of fused-ring (bicyclic) bond motifs is 1. The Morgan fingerprint density at radius 3 is 2.26 bits per heavy atom. The molecule has 2 atom stereocenters. The number of aryl methyl sites for hydroxylation is 1. The van der Waals surface area contributed by atoms with Crippen LogP contribution in [0, 0.1) is 12.8 Å². The zero-order chi connectivity index (χ0) is 21.5. The van der Waals surface area contributed by atoms with Gasteiger partial charge in [-0.25, -0.2) is 4.89 Å². The molecule has 7 nitrogen and oxygen atoms in total. The van der Waals surface area contributed by atoms with E-state index in [1.54, 1.807) is 23.5 Å². The Morgan fingerprint density at radius 2 is 1.65 bits per heavy atom. The van der Waals surface area contributed by atoms with Crippen LogP contribution < -0.4 is 0 Å². The zero-order valence-corrected chi connectivity index (χ0v) is 18.5. The van der Waals surface area contributed by atoms with Crippen LogP contribution in [0.5, 0.6) is 0 Å². The van der Waals surface area contributed by atoms with Crippen LogP contribution in [-0.2, 0) is 20.1 Å². The van der Waals surface area contributed by atoms with Gasteiger partial charge in [0, 0.05) is 19.3 Å². The molecule has 2 aliphatic rings. The van der Waals surface area contributed by atoms with Crippen molar-refractivity contribution in [3.63, 3.8) is 0 Å². The minimum Gasteiger partial charge on any atom is -0.350 e. The highest BCUT2D eigenvalue weighted by molar-refractivity contribution is 7.99. The summed E-state index contributed by atoms with van der Waals surface area (Å²) < 4.78 is 7.62. The molecule has 2 aliphatic heterocycles. The molecule has 2 unspecified atom stereocenters. The van der Waals surface area contributed by atoms with E-state index in [-0.39, 0.29) is 5.92 Å². The molecule has 0 amide bonds. The van der Waals surface area contributed by atoms with E-state index in [2.05, 4.69) is 34.5 Å². The summed E-state index contributed by atoms with van der Waals surface area (Å²) in [5.41, 5.74) is 2.22. The van der Waals surface area contributed by atoms with E-state index in [1.807, 2.05) is 50.2 Å². The lowest BCUT2D eigenvalue weighted by molar-refractivity contribution is -0.490. The number of hydrogen-bond donors (Lipinski definition) is 0. The summed E-state index contributed by atoms with van der Waals surface area (Å²) in [6.07, 6.45) is 0.612. The average molecular weight is 437 g/mol. The van der Waals surface area contributed by atoms with Gasteiger partial charge in [-0.3, -0.25) is 0 Å². The first-order valence-corrected chi connectivity index (χ1v) is 11.2. The van der Waals surface area contributed by atoms with Crippen molar-refractivity contribution >= 4 is 17.5 Å².